The second-order valence-electron chi connectivity index (χ2n) is 4.29. The van der Waals surface area contributed by atoms with E-state index in [0.717, 1.165) is 32.3 Å². The van der Waals surface area contributed by atoms with Crippen LogP contribution >= 0.6 is 0 Å². The molecule has 3 N–H and O–H groups in total. The molecule has 0 aromatic heterocycles. The standard InChI is InChI=1S/C11H22N2O2/c1-3-4-10-7-9(5-6-15-10)13-8(2)11(12)14/h8-10,13H,3-7H2,1-2H3,(H2,12,14)/t8-,9?,10?/m0/s1. The lowest BCUT2D eigenvalue weighted by Crippen LogP contribution is -2.48. The van der Waals surface area contributed by atoms with Crippen molar-refractivity contribution in [2.75, 3.05) is 6.61 Å². The Hall–Kier alpha value is -0.610. The summed E-state index contributed by atoms with van der Waals surface area (Å²) in [6.07, 6.45) is 4.55. The molecule has 1 amide bonds. The van der Waals surface area contributed by atoms with Gasteiger partial charge >= 0.3 is 0 Å². The first-order chi connectivity index (χ1) is 7.13. The smallest absolute Gasteiger partial charge is 0.234 e. The van der Waals surface area contributed by atoms with Gasteiger partial charge in [0.2, 0.25) is 5.91 Å². The van der Waals surface area contributed by atoms with Crippen LogP contribution in [0, 0.1) is 0 Å². The Morgan fingerprint density at radius 3 is 3.00 bits per heavy atom. The highest BCUT2D eigenvalue weighted by molar-refractivity contribution is 5.79. The van der Waals surface area contributed by atoms with E-state index in [0.29, 0.717) is 12.1 Å². The summed E-state index contributed by atoms with van der Waals surface area (Å²) in [7, 11) is 0. The minimum Gasteiger partial charge on any atom is -0.378 e. The average molecular weight is 214 g/mol. The van der Waals surface area contributed by atoms with E-state index in [1.807, 2.05) is 6.92 Å². The highest BCUT2D eigenvalue weighted by atomic mass is 16.5. The van der Waals surface area contributed by atoms with Crippen molar-refractivity contribution in [2.24, 2.45) is 5.73 Å². The third kappa shape index (κ3) is 4.18. The van der Waals surface area contributed by atoms with Crippen molar-refractivity contribution in [1.82, 2.24) is 5.32 Å². The summed E-state index contributed by atoms with van der Waals surface area (Å²) in [6.45, 7) is 4.76. The summed E-state index contributed by atoms with van der Waals surface area (Å²) in [5.41, 5.74) is 5.21. The fraction of sp³-hybridized carbons (Fsp3) is 0.909. The molecule has 1 saturated heterocycles. The molecule has 4 heteroatoms. The Morgan fingerprint density at radius 1 is 1.67 bits per heavy atom. The molecule has 0 aliphatic carbocycles. The molecular formula is C11H22N2O2. The molecule has 0 aromatic rings. The van der Waals surface area contributed by atoms with Crippen molar-refractivity contribution >= 4 is 5.91 Å². The van der Waals surface area contributed by atoms with Gasteiger partial charge in [-0.05, 0) is 26.2 Å². The minimum atomic E-state index is -0.284. The normalized spacial score (nSPS) is 28.7. The maximum absolute atomic E-state index is 10.9. The van der Waals surface area contributed by atoms with Crippen LogP contribution < -0.4 is 11.1 Å². The molecule has 1 heterocycles. The zero-order chi connectivity index (χ0) is 11.3. The molecule has 15 heavy (non-hydrogen) atoms. The topological polar surface area (TPSA) is 64.3 Å². The second-order valence-corrected chi connectivity index (χ2v) is 4.29. The van der Waals surface area contributed by atoms with Crippen LogP contribution in [0.5, 0.6) is 0 Å². The van der Waals surface area contributed by atoms with Crippen molar-refractivity contribution < 1.29 is 9.53 Å². The Labute approximate surface area is 91.5 Å². The van der Waals surface area contributed by atoms with E-state index in [-0.39, 0.29) is 11.9 Å². The van der Waals surface area contributed by atoms with Crippen LogP contribution in [0.1, 0.15) is 39.5 Å². The Morgan fingerprint density at radius 2 is 2.40 bits per heavy atom. The number of nitrogens with one attached hydrogen (secondary N) is 1. The summed E-state index contributed by atoms with van der Waals surface area (Å²) in [5.74, 6) is -0.284. The molecule has 1 rings (SSSR count). The van der Waals surface area contributed by atoms with Gasteiger partial charge in [0.15, 0.2) is 0 Å². The lowest BCUT2D eigenvalue weighted by Gasteiger charge is -2.31. The van der Waals surface area contributed by atoms with Gasteiger partial charge < -0.3 is 15.8 Å². The first-order valence-corrected chi connectivity index (χ1v) is 5.80. The number of hydrogen-bond donors (Lipinski definition) is 2. The summed E-state index contributed by atoms with van der Waals surface area (Å²) in [5, 5.41) is 3.25. The van der Waals surface area contributed by atoms with E-state index in [1.54, 1.807) is 0 Å². The lowest BCUT2D eigenvalue weighted by atomic mass is 9.99. The van der Waals surface area contributed by atoms with Gasteiger partial charge in [-0.2, -0.15) is 0 Å². The molecule has 1 aliphatic rings. The van der Waals surface area contributed by atoms with Crippen LogP contribution in [0.4, 0.5) is 0 Å². The van der Waals surface area contributed by atoms with Crippen molar-refractivity contribution in [3.8, 4) is 0 Å². The van der Waals surface area contributed by atoms with E-state index in [2.05, 4.69) is 12.2 Å². The second kappa shape index (κ2) is 6.08. The number of primary amides is 1. The largest absolute Gasteiger partial charge is 0.378 e. The third-order valence-corrected chi connectivity index (χ3v) is 2.89. The van der Waals surface area contributed by atoms with E-state index in [9.17, 15) is 4.79 Å². The fourth-order valence-corrected chi connectivity index (χ4v) is 1.99. The van der Waals surface area contributed by atoms with Crippen LogP contribution in [0.15, 0.2) is 0 Å². The van der Waals surface area contributed by atoms with Crippen molar-refractivity contribution in [1.29, 1.82) is 0 Å². The molecule has 3 atom stereocenters. The number of ether oxygens (including phenoxy) is 1. The zero-order valence-electron chi connectivity index (χ0n) is 9.66. The van der Waals surface area contributed by atoms with Gasteiger partial charge in [0.05, 0.1) is 12.1 Å². The maximum Gasteiger partial charge on any atom is 0.234 e. The number of hydrogen-bond acceptors (Lipinski definition) is 3. The Kier molecular flexibility index (Phi) is 5.05. The van der Waals surface area contributed by atoms with Gasteiger partial charge in [0.1, 0.15) is 0 Å². The van der Waals surface area contributed by atoms with Gasteiger partial charge in [-0.1, -0.05) is 13.3 Å². The van der Waals surface area contributed by atoms with Gasteiger partial charge in [-0.3, -0.25) is 4.79 Å². The maximum atomic E-state index is 10.9. The number of amides is 1. The number of rotatable bonds is 5. The van der Waals surface area contributed by atoms with Crippen molar-refractivity contribution in [3.05, 3.63) is 0 Å². The summed E-state index contributed by atoms with van der Waals surface area (Å²) in [4.78, 5) is 10.9. The summed E-state index contributed by atoms with van der Waals surface area (Å²) >= 11 is 0. The SMILES string of the molecule is CCCC1CC(N[C@@H](C)C(N)=O)CCO1. The molecule has 4 nitrogen and oxygen atoms in total. The number of carbonyl (C=O) groups excluding carboxylic acids is 1. The third-order valence-electron chi connectivity index (χ3n) is 2.89. The Bertz CT molecular complexity index is 207. The van der Waals surface area contributed by atoms with Crippen LogP contribution in [-0.2, 0) is 9.53 Å². The lowest BCUT2D eigenvalue weighted by molar-refractivity contribution is -0.120. The molecule has 1 aliphatic heterocycles. The molecule has 1 fully saturated rings. The van der Waals surface area contributed by atoms with Gasteiger partial charge in [0, 0.05) is 12.6 Å². The average Bonchev–Trinajstić information content (AvgIpc) is 2.18. The number of carbonyl (C=O) groups is 1. The van der Waals surface area contributed by atoms with E-state index in [1.165, 1.54) is 0 Å². The van der Waals surface area contributed by atoms with Crippen LogP contribution in [0.2, 0.25) is 0 Å². The van der Waals surface area contributed by atoms with Crippen molar-refractivity contribution in [2.45, 2.75) is 57.7 Å². The zero-order valence-corrected chi connectivity index (χ0v) is 9.66. The summed E-state index contributed by atoms with van der Waals surface area (Å²) < 4.78 is 5.63. The fourth-order valence-electron chi connectivity index (χ4n) is 1.99. The van der Waals surface area contributed by atoms with E-state index in [4.69, 9.17) is 10.5 Å². The van der Waals surface area contributed by atoms with Crippen LogP contribution in [-0.4, -0.2) is 30.7 Å². The van der Waals surface area contributed by atoms with Gasteiger partial charge in [-0.25, -0.2) is 0 Å². The highest BCUT2D eigenvalue weighted by Crippen LogP contribution is 2.18. The molecule has 88 valence electrons. The Balaban J connectivity index is 2.32. The van der Waals surface area contributed by atoms with E-state index < -0.39 is 0 Å². The minimum absolute atomic E-state index is 0.240. The predicted octanol–water partition coefficient (Wildman–Crippen LogP) is 0.797. The summed E-state index contributed by atoms with van der Waals surface area (Å²) in [6, 6.07) is 0.133. The van der Waals surface area contributed by atoms with Crippen LogP contribution in [0.25, 0.3) is 0 Å². The molecule has 0 aromatic carbocycles. The highest BCUT2D eigenvalue weighted by Gasteiger charge is 2.23. The van der Waals surface area contributed by atoms with Gasteiger partial charge in [0.25, 0.3) is 0 Å². The molecule has 0 spiro atoms. The quantitative estimate of drug-likeness (QED) is 0.711. The molecular weight excluding hydrogens is 192 g/mol. The number of nitrogens with two attached hydrogens (primary N) is 1. The van der Waals surface area contributed by atoms with Crippen molar-refractivity contribution in [3.63, 3.8) is 0 Å². The predicted molar refractivity (Wildman–Crippen MR) is 59.5 cm³/mol. The first kappa shape index (κ1) is 12.5. The van der Waals surface area contributed by atoms with Gasteiger partial charge in [-0.15, -0.1) is 0 Å². The molecule has 0 radical (unpaired) electrons. The van der Waals surface area contributed by atoms with Crippen LogP contribution in [0.3, 0.4) is 0 Å². The molecule has 0 saturated carbocycles. The monoisotopic (exact) mass is 214 g/mol. The molecule has 2 unspecified atom stereocenters. The molecule has 0 bridgehead atoms. The first-order valence-electron chi connectivity index (χ1n) is 5.80. The van der Waals surface area contributed by atoms with E-state index >= 15 is 0 Å².